The molecule has 120 valence electrons. The van der Waals surface area contributed by atoms with Crippen LogP contribution in [0.3, 0.4) is 0 Å². The molecule has 0 N–H and O–H groups in total. The van der Waals surface area contributed by atoms with Crippen LogP contribution in [0.5, 0.6) is 0 Å². The van der Waals surface area contributed by atoms with Crippen molar-refractivity contribution in [1.82, 2.24) is 0 Å². The Morgan fingerprint density at radius 3 is 2.43 bits per heavy atom. The molecule has 1 atom stereocenters. The van der Waals surface area contributed by atoms with Gasteiger partial charge in [-0.15, -0.1) is 11.3 Å². The molecule has 0 saturated carbocycles. The molecular formula is C21H24OS. The molecule has 0 radical (unpaired) electrons. The van der Waals surface area contributed by atoms with Crippen molar-refractivity contribution in [2.24, 2.45) is 0 Å². The van der Waals surface area contributed by atoms with Crippen LogP contribution in [0.4, 0.5) is 0 Å². The lowest BCUT2D eigenvalue weighted by atomic mass is 9.98. The van der Waals surface area contributed by atoms with Crippen molar-refractivity contribution in [3.05, 3.63) is 59.5 Å². The molecule has 1 aromatic heterocycles. The second-order valence-electron chi connectivity index (χ2n) is 5.79. The number of fused-ring (bicyclic) bond motifs is 1. The molecule has 0 aliphatic heterocycles. The molecule has 0 saturated heterocycles. The van der Waals surface area contributed by atoms with Crippen molar-refractivity contribution < 1.29 is 4.74 Å². The number of thiophene rings is 1. The van der Waals surface area contributed by atoms with E-state index in [9.17, 15) is 0 Å². The van der Waals surface area contributed by atoms with E-state index in [1.165, 1.54) is 38.9 Å². The first-order valence-electron chi connectivity index (χ1n) is 8.53. The normalized spacial score (nSPS) is 12.6. The third-order valence-electron chi connectivity index (χ3n) is 4.17. The molecule has 1 nitrogen and oxygen atoms in total. The Balaban J connectivity index is 2.14. The molecule has 2 aromatic carbocycles. The minimum atomic E-state index is 0.201. The summed E-state index contributed by atoms with van der Waals surface area (Å²) in [6, 6.07) is 19.4. The molecule has 0 bridgehead atoms. The lowest BCUT2D eigenvalue weighted by Crippen LogP contribution is -2.03. The molecule has 23 heavy (non-hydrogen) atoms. The van der Waals surface area contributed by atoms with Crippen LogP contribution in [-0.2, 0) is 4.74 Å². The first-order chi connectivity index (χ1) is 11.3. The van der Waals surface area contributed by atoms with E-state index in [0.717, 1.165) is 13.0 Å². The lowest BCUT2D eigenvalue weighted by molar-refractivity contribution is 0.0575. The maximum atomic E-state index is 6.13. The Morgan fingerprint density at radius 1 is 0.957 bits per heavy atom. The maximum Gasteiger partial charge on any atom is 0.0923 e. The second-order valence-corrected chi connectivity index (χ2v) is 6.87. The number of unbranched alkanes of at least 4 members (excludes halogenated alkanes) is 1. The Hall–Kier alpha value is -1.64. The van der Waals surface area contributed by atoms with E-state index in [0.29, 0.717) is 0 Å². The van der Waals surface area contributed by atoms with E-state index >= 15 is 0 Å². The van der Waals surface area contributed by atoms with Crippen molar-refractivity contribution in [1.29, 1.82) is 0 Å². The Morgan fingerprint density at radius 2 is 1.70 bits per heavy atom. The summed E-state index contributed by atoms with van der Waals surface area (Å²) in [6.07, 6.45) is 3.70. The molecule has 3 aromatic rings. The molecule has 3 rings (SSSR count). The summed E-state index contributed by atoms with van der Waals surface area (Å²) in [7, 11) is 0. The van der Waals surface area contributed by atoms with Crippen molar-refractivity contribution in [3.63, 3.8) is 0 Å². The zero-order chi connectivity index (χ0) is 16.1. The van der Waals surface area contributed by atoms with Crippen LogP contribution in [0.15, 0.2) is 54.6 Å². The van der Waals surface area contributed by atoms with Gasteiger partial charge in [0, 0.05) is 27.1 Å². The van der Waals surface area contributed by atoms with Gasteiger partial charge in [-0.25, -0.2) is 0 Å². The highest BCUT2D eigenvalue weighted by molar-refractivity contribution is 7.19. The van der Waals surface area contributed by atoms with Gasteiger partial charge in [0.25, 0.3) is 0 Å². The van der Waals surface area contributed by atoms with E-state index in [1.807, 2.05) is 11.3 Å². The highest BCUT2D eigenvalue weighted by Gasteiger charge is 2.21. The lowest BCUT2D eigenvalue weighted by Gasteiger charge is -2.17. The third kappa shape index (κ3) is 3.49. The van der Waals surface area contributed by atoms with Crippen LogP contribution in [-0.4, -0.2) is 6.61 Å². The third-order valence-corrected chi connectivity index (χ3v) is 5.43. The van der Waals surface area contributed by atoms with Gasteiger partial charge in [0.05, 0.1) is 6.10 Å². The maximum absolute atomic E-state index is 6.13. The molecule has 0 amide bonds. The van der Waals surface area contributed by atoms with Crippen LogP contribution in [0.2, 0.25) is 0 Å². The van der Waals surface area contributed by atoms with Gasteiger partial charge in [-0.1, -0.05) is 68.3 Å². The van der Waals surface area contributed by atoms with Crippen molar-refractivity contribution >= 4 is 21.4 Å². The fourth-order valence-corrected chi connectivity index (χ4v) is 4.39. The summed E-state index contributed by atoms with van der Waals surface area (Å²) in [5.41, 5.74) is 2.65. The van der Waals surface area contributed by atoms with Gasteiger partial charge in [0.1, 0.15) is 0 Å². The number of benzene rings is 2. The standard InChI is InChI=1S/C21H24OS/c1-3-5-14-18(22-4-2)21-20(16-11-7-6-8-12-16)17-13-9-10-15-19(17)23-21/h6-13,15,18H,3-5,14H2,1-2H3. The van der Waals surface area contributed by atoms with E-state index in [2.05, 4.69) is 68.4 Å². The van der Waals surface area contributed by atoms with Crippen molar-refractivity contribution in [3.8, 4) is 11.1 Å². The van der Waals surface area contributed by atoms with Crippen LogP contribution in [0, 0.1) is 0 Å². The number of hydrogen-bond acceptors (Lipinski definition) is 2. The van der Waals surface area contributed by atoms with Gasteiger partial charge in [-0.3, -0.25) is 0 Å². The van der Waals surface area contributed by atoms with Gasteiger partial charge in [0.15, 0.2) is 0 Å². The highest BCUT2D eigenvalue weighted by atomic mass is 32.1. The summed E-state index contributed by atoms with van der Waals surface area (Å²) < 4.78 is 7.48. The van der Waals surface area contributed by atoms with E-state index in [4.69, 9.17) is 4.74 Å². The predicted molar refractivity (Wildman–Crippen MR) is 101 cm³/mol. The molecule has 1 heterocycles. The summed E-state index contributed by atoms with van der Waals surface area (Å²) >= 11 is 1.89. The fourth-order valence-electron chi connectivity index (χ4n) is 3.07. The van der Waals surface area contributed by atoms with Crippen molar-refractivity contribution in [2.45, 2.75) is 39.2 Å². The van der Waals surface area contributed by atoms with Gasteiger partial charge < -0.3 is 4.74 Å². The van der Waals surface area contributed by atoms with E-state index in [-0.39, 0.29) is 6.10 Å². The summed E-state index contributed by atoms with van der Waals surface area (Å²) in [5, 5.41) is 1.35. The number of ether oxygens (including phenoxy) is 1. The van der Waals surface area contributed by atoms with Gasteiger partial charge >= 0.3 is 0 Å². The molecule has 0 spiro atoms. The Kier molecular flexibility index (Phi) is 5.47. The zero-order valence-electron chi connectivity index (χ0n) is 13.9. The fraction of sp³-hybridized carbons (Fsp3) is 0.333. The zero-order valence-corrected chi connectivity index (χ0v) is 14.7. The SMILES string of the molecule is CCCCC(OCC)c1sc2ccccc2c1-c1ccccc1. The van der Waals surface area contributed by atoms with E-state index < -0.39 is 0 Å². The largest absolute Gasteiger partial charge is 0.373 e. The highest BCUT2D eigenvalue weighted by Crippen LogP contribution is 2.44. The van der Waals surface area contributed by atoms with Gasteiger partial charge in [-0.05, 0) is 25.0 Å². The molecule has 0 aliphatic rings. The molecular weight excluding hydrogens is 300 g/mol. The van der Waals surface area contributed by atoms with Crippen molar-refractivity contribution in [2.75, 3.05) is 6.61 Å². The molecule has 1 unspecified atom stereocenters. The van der Waals surface area contributed by atoms with Gasteiger partial charge in [-0.2, -0.15) is 0 Å². The average Bonchev–Trinajstić information content (AvgIpc) is 2.98. The predicted octanol–water partition coefficient (Wildman–Crippen LogP) is 6.84. The Bertz CT molecular complexity index is 745. The minimum Gasteiger partial charge on any atom is -0.373 e. The smallest absolute Gasteiger partial charge is 0.0923 e. The number of hydrogen-bond donors (Lipinski definition) is 0. The van der Waals surface area contributed by atoms with Crippen LogP contribution in [0.1, 0.15) is 44.1 Å². The monoisotopic (exact) mass is 324 g/mol. The quantitative estimate of drug-likeness (QED) is 0.462. The first kappa shape index (κ1) is 16.2. The summed E-state index contributed by atoms with van der Waals surface area (Å²) in [4.78, 5) is 1.38. The van der Waals surface area contributed by atoms with Crippen LogP contribution >= 0.6 is 11.3 Å². The molecule has 0 aliphatic carbocycles. The first-order valence-corrected chi connectivity index (χ1v) is 9.35. The summed E-state index contributed by atoms with van der Waals surface area (Å²) in [5.74, 6) is 0. The average molecular weight is 324 g/mol. The molecule has 2 heteroatoms. The summed E-state index contributed by atoms with van der Waals surface area (Å²) in [6.45, 7) is 5.09. The Labute approximate surface area is 142 Å². The van der Waals surface area contributed by atoms with E-state index in [1.54, 1.807) is 0 Å². The van der Waals surface area contributed by atoms with Crippen LogP contribution in [0.25, 0.3) is 21.2 Å². The second kappa shape index (κ2) is 7.76. The topological polar surface area (TPSA) is 9.23 Å². The van der Waals surface area contributed by atoms with Gasteiger partial charge in [0.2, 0.25) is 0 Å². The molecule has 0 fully saturated rings. The van der Waals surface area contributed by atoms with Crippen LogP contribution < -0.4 is 0 Å². The number of rotatable bonds is 7. The minimum absolute atomic E-state index is 0.201.